The minimum absolute atomic E-state index is 0.165. The molecule has 112 valence electrons. The molecule has 0 aliphatic heterocycles. The SMILES string of the molecule is CCOC(C)(C)C(CC1CCCc2ccccc21)NN. The standard InChI is InChI=1S/C17H28N2O/c1-4-20-17(2,3)16(19-18)12-14-10-7-9-13-8-5-6-11-15(13)14/h5-6,8,11,14,16,19H,4,7,9-10,12,18H2,1-3H3. The van der Waals surface area contributed by atoms with Crippen molar-refractivity contribution in [2.24, 2.45) is 5.84 Å². The minimum Gasteiger partial charge on any atom is -0.374 e. The topological polar surface area (TPSA) is 47.3 Å². The molecule has 1 aliphatic rings. The molecule has 0 aromatic heterocycles. The highest BCUT2D eigenvalue weighted by Gasteiger charge is 2.33. The van der Waals surface area contributed by atoms with Gasteiger partial charge in [0.05, 0.1) is 11.6 Å². The molecule has 1 aromatic rings. The molecule has 1 aliphatic carbocycles. The molecule has 0 heterocycles. The maximum Gasteiger partial charge on any atom is 0.0792 e. The molecule has 2 atom stereocenters. The Labute approximate surface area is 122 Å². The van der Waals surface area contributed by atoms with Crippen LogP contribution in [0.15, 0.2) is 24.3 Å². The van der Waals surface area contributed by atoms with Crippen LogP contribution in [0.25, 0.3) is 0 Å². The Balaban J connectivity index is 2.13. The molecule has 2 unspecified atom stereocenters. The molecule has 3 heteroatoms. The van der Waals surface area contributed by atoms with Crippen molar-refractivity contribution in [2.75, 3.05) is 6.61 Å². The Morgan fingerprint density at radius 2 is 2.15 bits per heavy atom. The zero-order valence-electron chi connectivity index (χ0n) is 13.0. The molecule has 1 aromatic carbocycles. The first kappa shape index (κ1) is 15.5. The van der Waals surface area contributed by atoms with Crippen molar-refractivity contribution >= 4 is 0 Å². The summed E-state index contributed by atoms with van der Waals surface area (Å²) >= 11 is 0. The molecule has 0 saturated carbocycles. The van der Waals surface area contributed by atoms with Gasteiger partial charge in [-0.05, 0) is 63.5 Å². The summed E-state index contributed by atoms with van der Waals surface area (Å²) in [5, 5.41) is 0. The van der Waals surface area contributed by atoms with Gasteiger partial charge in [0.1, 0.15) is 0 Å². The predicted octanol–water partition coefficient (Wildman–Crippen LogP) is 3.14. The highest BCUT2D eigenvalue weighted by atomic mass is 16.5. The second-order valence-electron chi connectivity index (χ2n) is 6.28. The third kappa shape index (κ3) is 3.40. The molecule has 20 heavy (non-hydrogen) atoms. The highest BCUT2D eigenvalue weighted by molar-refractivity contribution is 5.32. The first-order chi connectivity index (χ1) is 9.58. The van der Waals surface area contributed by atoms with E-state index in [0.717, 1.165) is 6.42 Å². The summed E-state index contributed by atoms with van der Waals surface area (Å²) in [7, 11) is 0. The number of nitrogens with two attached hydrogens (primary N) is 1. The third-order valence-electron chi connectivity index (χ3n) is 4.57. The van der Waals surface area contributed by atoms with Crippen LogP contribution in [-0.4, -0.2) is 18.2 Å². The van der Waals surface area contributed by atoms with Gasteiger partial charge in [-0.15, -0.1) is 0 Å². The van der Waals surface area contributed by atoms with E-state index in [9.17, 15) is 0 Å². The quantitative estimate of drug-likeness (QED) is 0.620. The number of hydrogen-bond donors (Lipinski definition) is 2. The first-order valence-corrected chi connectivity index (χ1v) is 7.76. The van der Waals surface area contributed by atoms with E-state index in [1.165, 1.54) is 30.4 Å². The summed E-state index contributed by atoms with van der Waals surface area (Å²) in [6.45, 7) is 6.99. The summed E-state index contributed by atoms with van der Waals surface area (Å²) in [6.07, 6.45) is 4.76. The van der Waals surface area contributed by atoms with Gasteiger partial charge in [-0.25, -0.2) is 0 Å². The fourth-order valence-electron chi connectivity index (χ4n) is 3.41. The van der Waals surface area contributed by atoms with Gasteiger partial charge in [-0.2, -0.15) is 0 Å². The number of ether oxygens (including phenoxy) is 1. The van der Waals surface area contributed by atoms with Gasteiger partial charge in [0.15, 0.2) is 0 Å². The van der Waals surface area contributed by atoms with Crippen molar-refractivity contribution in [1.82, 2.24) is 5.43 Å². The lowest BCUT2D eigenvalue weighted by atomic mass is 9.77. The molecule has 2 rings (SSSR count). The van der Waals surface area contributed by atoms with E-state index in [2.05, 4.69) is 43.5 Å². The molecule has 0 spiro atoms. The Morgan fingerprint density at radius 3 is 2.85 bits per heavy atom. The maximum atomic E-state index is 5.87. The Morgan fingerprint density at radius 1 is 1.40 bits per heavy atom. The first-order valence-electron chi connectivity index (χ1n) is 7.76. The van der Waals surface area contributed by atoms with E-state index >= 15 is 0 Å². The molecule has 0 radical (unpaired) electrons. The van der Waals surface area contributed by atoms with Crippen molar-refractivity contribution in [3.05, 3.63) is 35.4 Å². The molecule has 0 saturated heterocycles. The van der Waals surface area contributed by atoms with Gasteiger partial charge in [-0.1, -0.05) is 24.3 Å². The lowest BCUT2D eigenvalue weighted by molar-refractivity contribution is -0.0420. The number of hydrogen-bond acceptors (Lipinski definition) is 3. The van der Waals surface area contributed by atoms with Gasteiger partial charge in [0.2, 0.25) is 0 Å². The van der Waals surface area contributed by atoms with E-state index in [0.29, 0.717) is 12.5 Å². The van der Waals surface area contributed by atoms with E-state index < -0.39 is 0 Å². The van der Waals surface area contributed by atoms with E-state index in [4.69, 9.17) is 10.6 Å². The summed E-state index contributed by atoms with van der Waals surface area (Å²) in [4.78, 5) is 0. The van der Waals surface area contributed by atoms with Gasteiger partial charge in [0.25, 0.3) is 0 Å². The maximum absolute atomic E-state index is 5.87. The lowest BCUT2D eigenvalue weighted by Crippen LogP contribution is -2.52. The molecule has 0 fully saturated rings. The van der Waals surface area contributed by atoms with Gasteiger partial charge in [-0.3, -0.25) is 11.3 Å². The normalized spacial score (nSPS) is 20.5. The molecule has 3 nitrogen and oxygen atoms in total. The van der Waals surface area contributed by atoms with Crippen LogP contribution < -0.4 is 11.3 Å². The van der Waals surface area contributed by atoms with Crippen LogP contribution in [-0.2, 0) is 11.2 Å². The second kappa shape index (κ2) is 6.70. The van der Waals surface area contributed by atoms with Crippen LogP contribution >= 0.6 is 0 Å². The van der Waals surface area contributed by atoms with Crippen LogP contribution in [0.3, 0.4) is 0 Å². The van der Waals surface area contributed by atoms with Crippen molar-refractivity contribution in [1.29, 1.82) is 0 Å². The lowest BCUT2D eigenvalue weighted by Gasteiger charge is -2.37. The summed E-state index contributed by atoms with van der Waals surface area (Å²) in [5.41, 5.74) is 5.75. The fraction of sp³-hybridized carbons (Fsp3) is 0.647. The molecule has 3 N–H and O–H groups in total. The van der Waals surface area contributed by atoms with Crippen LogP contribution in [0.2, 0.25) is 0 Å². The predicted molar refractivity (Wildman–Crippen MR) is 83.6 cm³/mol. The number of hydrazine groups is 1. The largest absolute Gasteiger partial charge is 0.374 e. The van der Waals surface area contributed by atoms with E-state index in [1.807, 2.05) is 6.92 Å². The Bertz CT molecular complexity index is 431. The number of benzene rings is 1. The van der Waals surface area contributed by atoms with Crippen LogP contribution in [0, 0.1) is 0 Å². The Kier molecular flexibility index (Phi) is 5.19. The average Bonchev–Trinajstić information content (AvgIpc) is 2.44. The number of aryl methyl sites for hydroxylation is 1. The third-order valence-corrected chi connectivity index (χ3v) is 4.57. The zero-order valence-corrected chi connectivity index (χ0v) is 13.0. The molecular weight excluding hydrogens is 248 g/mol. The molecule has 0 amide bonds. The number of rotatable bonds is 6. The second-order valence-corrected chi connectivity index (χ2v) is 6.28. The minimum atomic E-state index is -0.240. The van der Waals surface area contributed by atoms with Crippen molar-refractivity contribution in [3.63, 3.8) is 0 Å². The number of fused-ring (bicyclic) bond motifs is 1. The van der Waals surface area contributed by atoms with Gasteiger partial charge < -0.3 is 4.74 Å². The van der Waals surface area contributed by atoms with Crippen molar-refractivity contribution < 1.29 is 4.74 Å². The number of nitrogens with one attached hydrogen (secondary N) is 1. The smallest absolute Gasteiger partial charge is 0.0792 e. The summed E-state index contributed by atoms with van der Waals surface area (Å²) < 4.78 is 5.87. The van der Waals surface area contributed by atoms with Gasteiger partial charge in [0, 0.05) is 6.61 Å². The highest BCUT2D eigenvalue weighted by Crippen LogP contribution is 2.36. The monoisotopic (exact) mass is 276 g/mol. The van der Waals surface area contributed by atoms with Crippen LogP contribution in [0.4, 0.5) is 0 Å². The van der Waals surface area contributed by atoms with Crippen molar-refractivity contribution in [2.45, 2.75) is 64.0 Å². The van der Waals surface area contributed by atoms with Crippen molar-refractivity contribution in [3.8, 4) is 0 Å². The average molecular weight is 276 g/mol. The molecular formula is C17H28N2O. The fourth-order valence-corrected chi connectivity index (χ4v) is 3.41. The summed E-state index contributed by atoms with van der Waals surface area (Å²) in [6, 6.07) is 9.00. The van der Waals surface area contributed by atoms with E-state index in [1.54, 1.807) is 0 Å². The van der Waals surface area contributed by atoms with Gasteiger partial charge >= 0.3 is 0 Å². The Hall–Kier alpha value is -0.900. The zero-order chi connectivity index (χ0) is 14.6. The summed E-state index contributed by atoms with van der Waals surface area (Å²) in [5.74, 6) is 6.38. The van der Waals surface area contributed by atoms with Crippen LogP contribution in [0.1, 0.15) is 57.1 Å². The van der Waals surface area contributed by atoms with E-state index in [-0.39, 0.29) is 11.6 Å². The van der Waals surface area contributed by atoms with Crippen LogP contribution in [0.5, 0.6) is 0 Å². The molecule has 0 bridgehead atoms.